The Morgan fingerprint density at radius 2 is 1.41 bits per heavy atom. The monoisotopic (exact) mass is 298 g/mol. The van der Waals surface area contributed by atoms with Crippen LogP contribution in [0.5, 0.6) is 11.5 Å². The Bertz CT molecular complexity index is 546. The quantitative estimate of drug-likeness (QED) is 0.650. The minimum absolute atomic E-state index is 0.432. The molecule has 0 heterocycles. The molecule has 2 nitrogen and oxygen atoms in total. The van der Waals surface area contributed by atoms with Crippen LogP contribution in [0.25, 0.3) is 0 Å². The van der Waals surface area contributed by atoms with Gasteiger partial charge in [-0.2, -0.15) is 0 Å². The maximum Gasteiger partial charge on any atom is 0.118 e. The van der Waals surface area contributed by atoms with Gasteiger partial charge < -0.3 is 9.84 Å². The number of hydrogen-bond acceptors (Lipinski definition) is 2. The summed E-state index contributed by atoms with van der Waals surface area (Å²) in [5.41, 5.74) is 2.45. The Morgan fingerprint density at radius 3 is 2.09 bits per heavy atom. The summed E-state index contributed by atoms with van der Waals surface area (Å²) in [5, 5.41) is 9.71. The largest absolute Gasteiger partial charge is 0.508 e. The average Bonchev–Trinajstić information content (AvgIpc) is 2.56. The van der Waals surface area contributed by atoms with Gasteiger partial charge in [0.25, 0.3) is 0 Å². The minimum atomic E-state index is 0.432. The van der Waals surface area contributed by atoms with E-state index in [1.54, 1.807) is 13.2 Å². The molecule has 0 atom stereocenters. The molecule has 118 valence electrons. The van der Waals surface area contributed by atoms with Crippen molar-refractivity contribution in [2.24, 2.45) is 0 Å². The smallest absolute Gasteiger partial charge is 0.118 e. The summed E-state index contributed by atoms with van der Waals surface area (Å²) in [6.45, 7) is 0. The lowest BCUT2D eigenvalue weighted by molar-refractivity contribution is 0.414. The molecule has 0 aliphatic carbocycles. The molecule has 2 rings (SSSR count). The van der Waals surface area contributed by atoms with Crippen molar-refractivity contribution in [3.8, 4) is 11.5 Å². The van der Waals surface area contributed by atoms with E-state index in [-0.39, 0.29) is 0 Å². The first-order valence-corrected chi connectivity index (χ1v) is 8.19. The van der Waals surface area contributed by atoms with Crippen LogP contribution in [0.4, 0.5) is 0 Å². The Balaban J connectivity index is 1.55. The van der Waals surface area contributed by atoms with Gasteiger partial charge in [0.05, 0.1) is 7.11 Å². The molecule has 0 saturated heterocycles. The highest BCUT2D eigenvalue weighted by Gasteiger charge is 1.99. The van der Waals surface area contributed by atoms with Gasteiger partial charge >= 0.3 is 0 Å². The van der Waals surface area contributed by atoms with Gasteiger partial charge in [0.15, 0.2) is 0 Å². The lowest BCUT2D eigenvalue weighted by Gasteiger charge is -2.05. The van der Waals surface area contributed by atoms with Gasteiger partial charge in [0, 0.05) is 0 Å². The molecule has 0 aromatic heterocycles. The highest BCUT2D eigenvalue weighted by atomic mass is 16.5. The Kier molecular flexibility index (Phi) is 6.82. The summed E-state index contributed by atoms with van der Waals surface area (Å²) in [6.07, 6.45) is 8.28. The lowest BCUT2D eigenvalue weighted by Crippen LogP contribution is -1.89. The van der Waals surface area contributed by atoms with Gasteiger partial charge in [-0.3, -0.25) is 0 Å². The van der Waals surface area contributed by atoms with Crippen molar-refractivity contribution in [2.45, 2.75) is 44.9 Å². The van der Waals surface area contributed by atoms with E-state index in [0.29, 0.717) is 5.75 Å². The molecule has 22 heavy (non-hydrogen) atoms. The number of phenols is 1. The van der Waals surface area contributed by atoms with Crippen molar-refractivity contribution < 1.29 is 9.84 Å². The van der Waals surface area contributed by atoms with Crippen LogP contribution < -0.4 is 4.74 Å². The summed E-state index contributed by atoms with van der Waals surface area (Å²) < 4.78 is 5.17. The van der Waals surface area contributed by atoms with E-state index in [0.717, 1.165) is 30.6 Å². The molecule has 0 unspecified atom stereocenters. The zero-order valence-corrected chi connectivity index (χ0v) is 13.4. The molecule has 0 aliphatic rings. The molecule has 0 amide bonds. The van der Waals surface area contributed by atoms with Crippen LogP contribution in [0.2, 0.25) is 0 Å². The SMILES string of the molecule is COc1ccc(CCCCCCCc2ccccc2O)cc1. The molecule has 2 heteroatoms. The highest BCUT2D eigenvalue weighted by Crippen LogP contribution is 2.19. The number of methoxy groups -OCH3 is 1. The van der Waals surface area contributed by atoms with Gasteiger partial charge in [-0.05, 0) is 55.0 Å². The third-order valence-electron chi connectivity index (χ3n) is 4.06. The van der Waals surface area contributed by atoms with Gasteiger partial charge in [-0.25, -0.2) is 0 Å². The second-order valence-corrected chi connectivity index (χ2v) is 5.74. The molecule has 0 radical (unpaired) electrons. The number of rotatable bonds is 9. The fraction of sp³-hybridized carbons (Fsp3) is 0.400. The Hall–Kier alpha value is -1.96. The van der Waals surface area contributed by atoms with Crippen LogP contribution in [0.15, 0.2) is 48.5 Å². The van der Waals surface area contributed by atoms with Crippen LogP contribution in [0.3, 0.4) is 0 Å². The van der Waals surface area contributed by atoms with Crippen LogP contribution >= 0.6 is 0 Å². The lowest BCUT2D eigenvalue weighted by atomic mass is 10.0. The van der Waals surface area contributed by atoms with Crippen LogP contribution in [0, 0.1) is 0 Å². The van der Waals surface area contributed by atoms with E-state index in [1.165, 1.54) is 31.2 Å². The Morgan fingerprint density at radius 1 is 0.773 bits per heavy atom. The van der Waals surface area contributed by atoms with Crippen molar-refractivity contribution in [3.05, 3.63) is 59.7 Å². The third kappa shape index (κ3) is 5.44. The van der Waals surface area contributed by atoms with Gasteiger partial charge in [0.2, 0.25) is 0 Å². The van der Waals surface area contributed by atoms with Crippen molar-refractivity contribution in [1.29, 1.82) is 0 Å². The molecule has 0 spiro atoms. The zero-order valence-electron chi connectivity index (χ0n) is 13.4. The zero-order chi connectivity index (χ0) is 15.6. The molecule has 0 saturated carbocycles. The standard InChI is InChI=1S/C20H26O2/c1-22-19-15-13-17(14-16-19)9-5-3-2-4-6-10-18-11-7-8-12-20(18)21/h7-8,11-16,21H,2-6,9-10H2,1H3. The van der Waals surface area contributed by atoms with Gasteiger partial charge in [-0.15, -0.1) is 0 Å². The predicted octanol–water partition coefficient (Wildman–Crippen LogP) is 5.14. The summed E-state index contributed by atoms with van der Waals surface area (Å²) >= 11 is 0. The van der Waals surface area contributed by atoms with E-state index in [2.05, 4.69) is 12.1 Å². The van der Waals surface area contributed by atoms with Crippen molar-refractivity contribution >= 4 is 0 Å². The van der Waals surface area contributed by atoms with E-state index < -0.39 is 0 Å². The fourth-order valence-electron chi connectivity index (χ4n) is 2.69. The number of ether oxygens (including phenoxy) is 1. The second kappa shape index (κ2) is 9.14. The van der Waals surface area contributed by atoms with E-state index in [9.17, 15) is 5.11 Å². The van der Waals surface area contributed by atoms with E-state index >= 15 is 0 Å². The van der Waals surface area contributed by atoms with Crippen molar-refractivity contribution in [1.82, 2.24) is 0 Å². The van der Waals surface area contributed by atoms with Gasteiger partial charge in [-0.1, -0.05) is 49.6 Å². The Labute approximate surface area is 133 Å². The molecule has 0 fully saturated rings. The molecule has 2 aromatic rings. The number of unbranched alkanes of at least 4 members (excludes halogenated alkanes) is 4. The second-order valence-electron chi connectivity index (χ2n) is 5.74. The number of para-hydroxylation sites is 1. The summed E-state index contributed by atoms with van der Waals surface area (Å²) in [6, 6.07) is 16.0. The number of phenolic OH excluding ortho intramolecular Hbond substituents is 1. The maximum atomic E-state index is 9.71. The van der Waals surface area contributed by atoms with Crippen LogP contribution in [0.1, 0.15) is 43.2 Å². The molecule has 1 N–H and O–H groups in total. The van der Waals surface area contributed by atoms with Crippen molar-refractivity contribution in [3.63, 3.8) is 0 Å². The minimum Gasteiger partial charge on any atom is -0.508 e. The first kappa shape index (κ1) is 16.4. The van der Waals surface area contributed by atoms with E-state index in [1.807, 2.05) is 30.3 Å². The third-order valence-corrected chi connectivity index (χ3v) is 4.06. The molecule has 0 aliphatic heterocycles. The molecule has 0 bridgehead atoms. The van der Waals surface area contributed by atoms with Crippen LogP contribution in [-0.2, 0) is 12.8 Å². The van der Waals surface area contributed by atoms with Crippen molar-refractivity contribution in [2.75, 3.05) is 7.11 Å². The number of aromatic hydroxyl groups is 1. The number of hydrogen-bond donors (Lipinski definition) is 1. The summed E-state index contributed by atoms with van der Waals surface area (Å²) in [7, 11) is 1.70. The average molecular weight is 298 g/mol. The topological polar surface area (TPSA) is 29.5 Å². The fourth-order valence-corrected chi connectivity index (χ4v) is 2.69. The highest BCUT2D eigenvalue weighted by molar-refractivity contribution is 5.31. The summed E-state index contributed by atoms with van der Waals surface area (Å²) in [4.78, 5) is 0. The number of benzene rings is 2. The normalized spacial score (nSPS) is 10.6. The maximum absolute atomic E-state index is 9.71. The first-order valence-electron chi connectivity index (χ1n) is 8.19. The number of aryl methyl sites for hydroxylation is 2. The molecular weight excluding hydrogens is 272 g/mol. The summed E-state index contributed by atoms with van der Waals surface area (Å²) in [5.74, 6) is 1.36. The van der Waals surface area contributed by atoms with E-state index in [4.69, 9.17) is 4.74 Å². The van der Waals surface area contributed by atoms with Crippen LogP contribution in [-0.4, -0.2) is 12.2 Å². The van der Waals surface area contributed by atoms with Gasteiger partial charge in [0.1, 0.15) is 11.5 Å². The predicted molar refractivity (Wildman–Crippen MR) is 91.6 cm³/mol. The molecular formula is C20H26O2. The molecule has 2 aromatic carbocycles. The first-order chi connectivity index (χ1) is 10.8.